The van der Waals surface area contributed by atoms with Gasteiger partial charge in [0.05, 0.1) is 11.8 Å². The first-order valence-corrected chi connectivity index (χ1v) is 6.68. The number of hydrogen-bond donors (Lipinski definition) is 2. The number of hydrogen-bond acceptors (Lipinski definition) is 4. The number of nitrogens with two attached hydrogens (primary N) is 1. The Kier molecular flexibility index (Phi) is 2.81. The average molecular weight is 273 g/mol. The first-order chi connectivity index (χ1) is 8.32. The number of sulfone groups is 1. The smallest absolute Gasteiger partial charge is 0.178 e. The minimum absolute atomic E-state index is 0.0181. The van der Waals surface area contributed by atoms with Crippen molar-refractivity contribution in [2.75, 3.05) is 12.0 Å². The van der Waals surface area contributed by atoms with Crippen LogP contribution in [0.2, 0.25) is 0 Å². The van der Waals surface area contributed by atoms with E-state index in [0.29, 0.717) is 0 Å². The summed E-state index contributed by atoms with van der Waals surface area (Å²) in [5.74, 6) is -2.13. The van der Waals surface area contributed by atoms with Gasteiger partial charge in [0, 0.05) is 11.8 Å². The van der Waals surface area contributed by atoms with Gasteiger partial charge in [-0.05, 0) is 12.1 Å². The second kappa shape index (κ2) is 4.05. The van der Waals surface area contributed by atoms with E-state index in [0.717, 1.165) is 24.6 Å². The summed E-state index contributed by atoms with van der Waals surface area (Å²) in [6.45, 7) is 0. The SMILES string of the molecule is CS(=O)(=O)c1ccc(F)c(-c2cn[nH]c2N)c1F. The molecule has 0 saturated carbocycles. The molecule has 0 atom stereocenters. The van der Waals surface area contributed by atoms with Crippen LogP contribution in [0.25, 0.3) is 11.1 Å². The van der Waals surface area contributed by atoms with E-state index in [1.807, 2.05) is 0 Å². The molecule has 3 N–H and O–H groups in total. The predicted molar refractivity (Wildman–Crippen MR) is 61.5 cm³/mol. The first kappa shape index (κ1) is 12.5. The number of aromatic nitrogens is 2. The van der Waals surface area contributed by atoms with Crippen molar-refractivity contribution in [3.63, 3.8) is 0 Å². The van der Waals surface area contributed by atoms with Gasteiger partial charge in [0.25, 0.3) is 0 Å². The molecule has 0 spiro atoms. The molecule has 0 aliphatic heterocycles. The van der Waals surface area contributed by atoms with Crippen molar-refractivity contribution in [1.82, 2.24) is 10.2 Å². The van der Waals surface area contributed by atoms with Crippen LogP contribution >= 0.6 is 0 Å². The largest absolute Gasteiger partial charge is 0.384 e. The van der Waals surface area contributed by atoms with E-state index >= 15 is 0 Å². The van der Waals surface area contributed by atoms with E-state index in [2.05, 4.69) is 10.2 Å². The maximum atomic E-state index is 14.1. The van der Waals surface area contributed by atoms with E-state index in [-0.39, 0.29) is 11.4 Å². The van der Waals surface area contributed by atoms with Crippen LogP contribution in [0.5, 0.6) is 0 Å². The van der Waals surface area contributed by atoms with Crippen LogP contribution in [0.15, 0.2) is 23.2 Å². The highest BCUT2D eigenvalue weighted by Gasteiger charge is 2.23. The summed E-state index contributed by atoms with van der Waals surface area (Å²) < 4.78 is 50.4. The molecule has 0 unspecified atom stereocenters. The Labute approximate surface area is 102 Å². The van der Waals surface area contributed by atoms with Crippen molar-refractivity contribution in [2.45, 2.75) is 4.90 Å². The topological polar surface area (TPSA) is 88.8 Å². The summed E-state index contributed by atoms with van der Waals surface area (Å²) in [7, 11) is -3.79. The van der Waals surface area contributed by atoms with Gasteiger partial charge in [-0.15, -0.1) is 0 Å². The van der Waals surface area contributed by atoms with Crippen LogP contribution in [-0.4, -0.2) is 24.9 Å². The summed E-state index contributed by atoms with van der Waals surface area (Å²) in [6, 6.07) is 1.75. The fourth-order valence-electron chi connectivity index (χ4n) is 1.56. The van der Waals surface area contributed by atoms with E-state index in [4.69, 9.17) is 5.73 Å². The zero-order valence-electron chi connectivity index (χ0n) is 9.24. The van der Waals surface area contributed by atoms with E-state index in [9.17, 15) is 17.2 Å². The lowest BCUT2D eigenvalue weighted by molar-refractivity contribution is 0.556. The average Bonchev–Trinajstić information content (AvgIpc) is 2.63. The minimum Gasteiger partial charge on any atom is -0.384 e. The molecule has 1 aromatic carbocycles. The van der Waals surface area contributed by atoms with Crippen LogP contribution in [0, 0.1) is 11.6 Å². The Morgan fingerprint density at radius 3 is 2.50 bits per heavy atom. The van der Waals surface area contributed by atoms with Crippen molar-refractivity contribution < 1.29 is 17.2 Å². The van der Waals surface area contributed by atoms with E-state index < -0.39 is 31.9 Å². The molecule has 8 heteroatoms. The monoisotopic (exact) mass is 273 g/mol. The van der Waals surface area contributed by atoms with Gasteiger partial charge in [-0.1, -0.05) is 0 Å². The Bertz CT molecular complexity index is 710. The molecule has 2 rings (SSSR count). The molecule has 1 aromatic heterocycles. The van der Waals surface area contributed by atoms with Crippen LogP contribution in [-0.2, 0) is 9.84 Å². The second-order valence-corrected chi connectivity index (χ2v) is 5.69. The zero-order chi connectivity index (χ0) is 13.5. The van der Waals surface area contributed by atoms with Gasteiger partial charge in [-0.25, -0.2) is 17.2 Å². The molecule has 0 aliphatic carbocycles. The van der Waals surface area contributed by atoms with Crippen LogP contribution < -0.4 is 5.73 Å². The van der Waals surface area contributed by atoms with Gasteiger partial charge in [0.1, 0.15) is 16.5 Å². The summed E-state index contributed by atoms with van der Waals surface area (Å²) in [6.07, 6.45) is 1.97. The number of nitrogens with one attached hydrogen (secondary N) is 1. The Hall–Kier alpha value is -1.96. The maximum absolute atomic E-state index is 14.1. The third kappa shape index (κ3) is 1.94. The summed E-state index contributed by atoms with van der Waals surface area (Å²) >= 11 is 0. The Balaban J connectivity index is 2.80. The molecule has 0 fully saturated rings. The standard InChI is InChI=1S/C10H9F2N3O2S/c1-18(16,17)7-3-2-6(11)8(9(7)12)5-4-14-15-10(5)13/h2-4H,1H3,(H3,13,14,15). The lowest BCUT2D eigenvalue weighted by Crippen LogP contribution is -2.04. The first-order valence-electron chi connectivity index (χ1n) is 4.79. The molecule has 1 heterocycles. The van der Waals surface area contributed by atoms with Gasteiger partial charge >= 0.3 is 0 Å². The molecule has 18 heavy (non-hydrogen) atoms. The number of benzene rings is 1. The highest BCUT2D eigenvalue weighted by Crippen LogP contribution is 2.32. The zero-order valence-corrected chi connectivity index (χ0v) is 10.1. The Morgan fingerprint density at radius 1 is 1.33 bits per heavy atom. The van der Waals surface area contributed by atoms with Gasteiger partial charge in [-0.3, -0.25) is 5.10 Å². The molecular weight excluding hydrogens is 264 g/mol. The third-order valence-electron chi connectivity index (χ3n) is 2.39. The number of aromatic amines is 1. The lowest BCUT2D eigenvalue weighted by Gasteiger charge is -2.07. The van der Waals surface area contributed by atoms with Gasteiger partial charge in [0.15, 0.2) is 15.7 Å². The quantitative estimate of drug-likeness (QED) is 0.808. The van der Waals surface area contributed by atoms with Crippen molar-refractivity contribution in [2.24, 2.45) is 0 Å². The van der Waals surface area contributed by atoms with Crippen molar-refractivity contribution in [3.05, 3.63) is 30.0 Å². The van der Waals surface area contributed by atoms with Crippen LogP contribution in [0.1, 0.15) is 0 Å². The molecule has 5 nitrogen and oxygen atoms in total. The number of rotatable bonds is 2. The molecule has 96 valence electrons. The number of anilines is 1. The fraction of sp³-hybridized carbons (Fsp3) is 0.100. The van der Waals surface area contributed by atoms with Crippen molar-refractivity contribution in [1.29, 1.82) is 0 Å². The maximum Gasteiger partial charge on any atom is 0.178 e. The van der Waals surface area contributed by atoms with Crippen LogP contribution in [0.4, 0.5) is 14.6 Å². The predicted octanol–water partition coefficient (Wildman–Crippen LogP) is 1.34. The number of H-pyrrole nitrogens is 1. The Morgan fingerprint density at radius 2 is 2.00 bits per heavy atom. The van der Waals surface area contributed by atoms with Gasteiger partial charge in [-0.2, -0.15) is 5.10 Å². The van der Waals surface area contributed by atoms with E-state index in [1.165, 1.54) is 0 Å². The summed E-state index contributed by atoms with van der Waals surface area (Å²) in [5.41, 5.74) is 4.94. The molecule has 2 aromatic rings. The van der Waals surface area contributed by atoms with Crippen molar-refractivity contribution >= 4 is 15.7 Å². The molecule has 0 amide bonds. The number of nitrogens with zero attached hydrogens (tertiary/aromatic N) is 1. The summed E-state index contributed by atoms with van der Waals surface area (Å²) in [4.78, 5) is -0.584. The highest BCUT2D eigenvalue weighted by molar-refractivity contribution is 7.90. The second-order valence-electron chi connectivity index (χ2n) is 3.70. The third-order valence-corrected chi connectivity index (χ3v) is 3.51. The van der Waals surface area contributed by atoms with E-state index in [1.54, 1.807) is 0 Å². The number of nitrogen functional groups attached to an aromatic ring is 1. The molecule has 0 radical (unpaired) electrons. The molecule has 0 aliphatic rings. The normalized spacial score (nSPS) is 11.7. The van der Waals surface area contributed by atoms with Gasteiger partial charge in [0.2, 0.25) is 0 Å². The lowest BCUT2D eigenvalue weighted by atomic mass is 10.1. The summed E-state index contributed by atoms with van der Waals surface area (Å²) in [5, 5.41) is 5.86. The minimum atomic E-state index is -3.79. The van der Waals surface area contributed by atoms with Crippen LogP contribution in [0.3, 0.4) is 0 Å². The van der Waals surface area contributed by atoms with Gasteiger partial charge < -0.3 is 5.73 Å². The molecule has 0 bridgehead atoms. The fourth-order valence-corrected chi connectivity index (χ4v) is 2.30. The highest BCUT2D eigenvalue weighted by atomic mass is 32.2. The number of halogens is 2. The van der Waals surface area contributed by atoms with Crippen molar-refractivity contribution in [3.8, 4) is 11.1 Å². The molecule has 0 saturated heterocycles. The molecular formula is C10H9F2N3O2S.